The number of benzene rings is 2. The van der Waals surface area contributed by atoms with E-state index in [-0.39, 0.29) is 71.5 Å². The molecule has 0 atom stereocenters. The maximum absolute atomic E-state index is 14.0. The number of methoxy groups -OCH3 is 1. The Morgan fingerprint density at radius 2 is 1.19 bits per heavy atom. The molecule has 0 spiro atoms. The highest BCUT2D eigenvalue weighted by Crippen LogP contribution is 2.39. The molecule has 0 bridgehead atoms. The summed E-state index contributed by atoms with van der Waals surface area (Å²) in [6.07, 6.45) is -4.03. The predicted octanol–water partition coefficient (Wildman–Crippen LogP) is 6.51. The molecule has 2 N–H and O–H groups in total. The Balaban J connectivity index is 1.21. The van der Waals surface area contributed by atoms with Crippen molar-refractivity contribution < 1.29 is 79.7 Å². The van der Waals surface area contributed by atoms with Crippen LogP contribution in [-0.4, -0.2) is 168 Å². The van der Waals surface area contributed by atoms with Crippen molar-refractivity contribution in [3.8, 4) is 28.7 Å². The van der Waals surface area contributed by atoms with Crippen molar-refractivity contribution in [2.24, 2.45) is 0 Å². The standard InChI is InChI=1S/C49H67ClF3N5O14/c1-48(2,3)72-47(61)56-13-16-64-18-20-66-22-24-68-26-28-70-30-29-69-27-25-67-23-21-65-19-17-63-15-12-55-45(59)11-8-14-71-43-33-40(50)37(39-35-57-44(49(51,52)53)31-36(39)34-54)32-38(43)46(60)58(4)41-9-6-7-10-42(41)62-5/h6-7,9-10,31-33,35H,8,11-30H2,1-5H3,(H,55,59)(H,56,61). The number of carbonyl (C=O) groups is 3. The van der Waals surface area contributed by atoms with Gasteiger partial charge in [0.1, 0.15) is 22.8 Å². The van der Waals surface area contributed by atoms with Gasteiger partial charge in [-0.2, -0.15) is 18.4 Å². The number of hydrogen-bond acceptors (Lipinski definition) is 16. The van der Waals surface area contributed by atoms with E-state index in [1.807, 2.05) is 0 Å². The first-order valence-corrected chi connectivity index (χ1v) is 23.6. The largest absolute Gasteiger partial charge is 0.495 e. The van der Waals surface area contributed by atoms with Crippen LogP contribution in [0.1, 0.15) is 55.2 Å². The van der Waals surface area contributed by atoms with Crippen LogP contribution in [0.15, 0.2) is 48.7 Å². The van der Waals surface area contributed by atoms with Gasteiger partial charge in [-0.15, -0.1) is 0 Å². The number of ether oxygens (including phenoxy) is 11. The third-order valence-electron chi connectivity index (χ3n) is 9.55. The van der Waals surface area contributed by atoms with Gasteiger partial charge >= 0.3 is 12.3 Å². The van der Waals surface area contributed by atoms with E-state index in [1.165, 1.54) is 31.2 Å². The molecule has 0 unspecified atom stereocenters. The Morgan fingerprint density at radius 1 is 0.694 bits per heavy atom. The topological polar surface area (TPSA) is 217 Å². The Morgan fingerprint density at radius 3 is 1.68 bits per heavy atom. The number of aromatic nitrogens is 1. The lowest BCUT2D eigenvalue weighted by Gasteiger charge is -2.22. The quantitative estimate of drug-likeness (QED) is 0.0594. The molecule has 2 aromatic carbocycles. The van der Waals surface area contributed by atoms with Gasteiger partial charge in [-0.3, -0.25) is 14.6 Å². The Hall–Kier alpha value is -5.35. The smallest absolute Gasteiger partial charge is 0.433 e. The van der Waals surface area contributed by atoms with Gasteiger partial charge in [0.2, 0.25) is 5.91 Å². The summed E-state index contributed by atoms with van der Waals surface area (Å²) in [5, 5.41) is 15.1. The summed E-state index contributed by atoms with van der Waals surface area (Å²) in [5.41, 5.74) is -1.68. The van der Waals surface area contributed by atoms with Crippen molar-refractivity contribution in [2.75, 3.05) is 144 Å². The second-order valence-corrected chi connectivity index (χ2v) is 16.6. The molecule has 3 amide bonds. The van der Waals surface area contributed by atoms with E-state index in [4.69, 9.17) is 63.7 Å². The number of nitriles is 1. The summed E-state index contributed by atoms with van der Waals surface area (Å²) < 4.78 is 101. The molecule has 1 aromatic heterocycles. The minimum atomic E-state index is -4.79. The van der Waals surface area contributed by atoms with E-state index in [2.05, 4.69) is 15.6 Å². The van der Waals surface area contributed by atoms with Crippen LogP contribution in [0.4, 0.5) is 23.7 Å². The van der Waals surface area contributed by atoms with Crippen LogP contribution < -0.4 is 25.0 Å². The molecule has 0 aliphatic carbocycles. The lowest BCUT2D eigenvalue weighted by atomic mass is 9.98. The van der Waals surface area contributed by atoms with Crippen molar-refractivity contribution >= 4 is 35.2 Å². The van der Waals surface area contributed by atoms with Crippen molar-refractivity contribution in [1.29, 1.82) is 5.26 Å². The van der Waals surface area contributed by atoms with Gasteiger partial charge in [-0.25, -0.2) is 4.79 Å². The van der Waals surface area contributed by atoms with E-state index in [9.17, 15) is 32.8 Å². The number of nitrogens with one attached hydrogen (secondary N) is 2. The van der Waals surface area contributed by atoms with Gasteiger partial charge in [-0.1, -0.05) is 23.7 Å². The molecular formula is C49H67ClF3N5O14. The zero-order valence-corrected chi connectivity index (χ0v) is 42.3. The van der Waals surface area contributed by atoms with E-state index in [0.29, 0.717) is 123 Å². The number of pyridine rings is 1. The number of anilines is 1. The summed E-state index contributed by atoms with van der Waals surface area (Å²) in [5.74, 6) is -0.382. The van der Waals surface area contributed by atoms with E-state index in [1.54, 1.807) is 51.1 Å². The second-order valence-electron chi connectivity index (χ2n) is 16.2. The Kier molecular flexibility index (Phi) is 28.9. The number of nitrogens with zero attached hydrogens (tertiary/aromatic N) is 3. The lowest BCUT2D eigenvalue weighted by Crippen LogP contribution is -2.34. The number of alkyl carbamates (subject to hydrolysis) is 1. The van der Waals surface area contributed by atoms with Crippen LogP contribution in [0.2, 0.25) is 5.02 Å². The number of hydrogen-bond donors (Lipinski definition) is 2. The fourth-order valence-corrected chi connectivity index (χ4v) is 6.36. The predicted molar refractivity (Wildman–Crippen MR) is 259 cm³/mol. The molecule has 0 saturated heterocycles. The molecule has 72 heavy (non-hydrogen) atoms. The van der Waals surface area contributed by atoms with E-state index in [0.717, 1.165) is 6.20 Å². The number of carbonyl (C=O) groups excluding carboxylic acids is 3. The highest BCUT2D eigenvalue weighted by atomic mass is 35.5. The first-order chi connectivity index (χ1) is 34.6. The maximum atomic E-state index is 14.0. The summed E-state index contributed by atoms with van der Waals surface area (Å²) in [6.45, 7) is 12.3. The number of alkyl halides is 3. The third kappa shape index (κ3) is 24.4. The highest BCUT2D eigenvalue weighted by Gasteiger charge is 2.33. The molecule has 1 heterocycles. The number of para-hydroxylation sites is 2. The van der Waals surface area contributed by atoms with Crippen molar-refractivity contribution in [1.82, 2.24) is 15.6 Å². The van der Waals surface area contributed by atoms with Crippen molar-refractivity contribution in [2.45, 2.75) is 45.4 Å². The number of halogens is 4. The average molecular weight is 1040 g/mol. The number of rotatable bonds is 36. The van der Waals surface area contributed by atoms with Gasteiger partial charge < -0.3 is 67.6 Å². The fraction of sp³-hybridized carbons (Fsp3) is 0.571. The summed E-state index contributed by atoms with van der Waals surface area (Å²) >= 11 is 6.61. The first-order valence-electron chi connectivity index (χ1n) is 23.3. The molecule has 0 aliphatic heterocycles. The maximum Gasteiger partial charge on any atom is 0.433 e. The summed E-state index contributed by atoms with van der Waals surface area (Å²) in [4.78, 5) is 42.9. The SMILES string of the molecule is COc1ccccc1N(C)C(=O)c1cc(-c2cnc(C(F)(F)F)cc2C#N)c(Cl)cc1OCCCC(=O)NCCOCCOCCOCCOCCOCCOCCOCCOCCNC(=O)OC(C)(C)C. The molecular weight excluding hydrogens is 975 g/mol. The fourth-order valence-electron chi connectivity index (χ4n) is 6.11. The molecule has 3 rings (SSSR count). The molecule has 0 radical (unpaired) electrons. The van der Waals surface area contributed by atoms with Crippen molar-refractivity contribution in [3.05, 3.63) is 70.5 Å². The molecule has 23 heteroatoms. The van der Waals surface area contributed by atoms with Crippen molar-refractivity contribution in [3.63, 3.8) is 0 Å². The summed E-state index contributed by atoms with van der Waals surface area (Å²) in [7, 11) is 2.96. The van der Waals surface area contributed by atoms with Crippen LogP contribution in [-0.2, 0) is 53.6 Å². The summed E-state index contributed by atoms with van der Waals surface area (Å²) in [6, 6.07) is 11.8. The lowest BCUT2D eigenvalue weighted by molar-refractivity contribution is -0.141. The van der Waals surface area contributed by atoms with Crippen LogP contribution >= 0.6 is 11.6 Å². The minimum absolute atomic E-state index is 0.00271. The molecule has 0 saturated carbocycles. The number of amides is 3. The van der Waals surface area contributed by atoms with Crippen LogP contribution in [0.3, 0.4) is 0 Å². The van der Waals surface area contributed by atoms with Crippen LogP contribution in [0.5, 0.6) is 11.5 Å². The normalized spacial score (nSPS) is 11.5. The van der Waals surface area contributed by atoms with Gasteiger partial charge in [0.15, 0.2) is 0 Å². The minimum Gasteiger partial charge on any atom is -0.495 e. The monoisotopic (exact) mass is 1040 g/mol. The average Bonchev–Trinajstić information content (AvgIpc) is 3.34. The second kappa shape index (κ2) is 34.1. The van der Waals surface area contributed by atoms with Gasteiger partial charge in [-0.05, 0) is 51.5 Å². The molecule has 0 fully saturated rings. The van der Waals surface area contributed by atoms with Crippen LogP contribution in [0.25, 0.3) is 11.1 Å². The van der Waals surface area contributed by atoms with Crippen LogP contribution in [0, 0.1) is 11.3 Å². The Labute approximate surface area is 423 Å². The zero-order chi connectivity index (χ0) is 52.6. The van der Waals surface area contributed by atoms with Gasteiger partial charge in [0.05, 0.1) is 147 Å². The Bertz CT molecular complexity index is 2130. The first kappa shape index (κ1) is 61.0. The third-order valence-corrected chi connectivity index (χ3v) is 9.86. The van der Waals surface area contributed by atoms with Gasteiger partial charge in [0, 0.05) is 49.9 Å². The molecule has 3 aromatic rings. The van der Waals surface area contributed by atoms with Gasteiger partial charge in [0.25, 0.3) is 5.91 Å². The van der Waals surface area contributed by atoms with E-state index >= 15 is 0 Å². The molecule has 400 valence electrons. The molecule has 19 nitrogen and oxygen atoms in total. The van der Waals surface area contributed by atoms with E-state index < -0.39 is 29.5 Å². The molecule has 0 aliphatic rings. The zero-order valence-electron chi connectivity index (χ0n) is 41.5. The highest BCUT2D eigenvalue weighted by molar-refractivity contribution is 6.34.